The van der Waals surface area contributed by atoms with E-state index in [1.165, 1.54) is 0 Å². The standard InChI is InChI=1S/C15H15NO3/c1-9-7-10(3-6-13(9)18-2)8-12-15(17)19-14(16-12)11-4-5-11/h3,6-8,11H,4-5H2,1-2H3/b12-8+. The Morgan fingerprint density at radius 1 is 1.42 bits per heavy atom. The summed E-state index contributed by atoms with van der Waals surface area (Å²) in [6.45, 7) is 1.96. The van der Waals surface area contributed by atoms with Crippen LogP contribution < -0.4 is 4.74 Å². The van der Waals surface area contributed by atoms with E-state index in [4.69, 9.17) is 9.47 Å². The Balaban J connectivity index is 1.88. The molecule has 0 N–H and O–H groups in total. The van der Waals surface area contributed by atoms with Crippen LogP contribution in [0.4, 0.5) is 0 Å². The van der Waals surface area contributed by atoms with Gasteiger partial charge in [0.05, 0.1) is 7.11 Å². The van der Waals surface area contributed by atoms with Crippen LogP contribution in [0.25, 0.3) is 6.08 Å². The van der Waals surface area contributed by atoms with Gasteiger partial charge in [0.2, 0.25) is 5.90 Å². The molecule has 0 atom stereocenters. The van der Waals surface area contributed by atoms with Gasteiger partial charge in [0, 0.05) is 5.92 Å². The molecule has 1 fully saturated rings. The number of ether oxygens (including phenoxy) is 2. The maximum absolute atomic E-state index is 11.7. The third kappa shape index (κ3) is 2.38. The average molecular weight is 257 g/mol. The summed E-state index contributed by atoms with van der Waals surface area (Å²) in [4.78, 5) is 16.0. The van der Waals surface area contributed by atoms with Gasteiger partial charge in [0.1, 0.15) is 5.75 Å². The van der Waals surface area contributed by atoms with Crippen molar-refractivity contribution >= 4 is 17.9 Å². The summed E-state index contributed by atoms with van der Waals surface area (Å²) in [5, 5.41) is 0. The van der Waals surface area contributed by atoms with Crippen molar-refractivity contribution in [3.05, 3.63) is 35.0 Å². The van der Waals surface area contributed by atoms with Crippen molar-refractivity contribution in [3.63, 3.8) is 0 Å². The molecule has 0 radical (unpaired) electrons. The first kappa shape index (κ1) is 12.0. The van der Waals surface area contributed by atoms with Gasteiger partial charge in [-0.25, -0.2) is 9.79 Å². The zero-order valence-corrected chi connectivity index (χ0v) is 11.0. The van der Waals surface area contributed by atoms with Crippen molar-refractivity contribution in [1.29, 1.82) is 0 Å². The normalized spacial score (nSPS) is 20.4. The van der Waals surface area contributed by atoms with Crippen LogP contribution in [0.2, 0.25) is 0 Å². The van der Waals surface area contributed by atoms with Gasteiger partial charge in [-0.1, -0.05) is 6.07 Å². The summed E-state index contributed by atoms with van der Waals surface area (Å²) in [6, 6.07) is 5.74. The Labute approximate surface area is 111 Å². The third-order valence-electron chi connectivity index (χ3n) is 3.29. The lowest BCUT2D eigenvalue weighted by Gasteiger charge is -2.04. The molecule has 4 nitrogen and oxygen atoms in total. The largest absolute Gasteiger partial charge is 0.496 e. The molecule has 0 saturated heterocycles. The molecule has 0 bridgehead atoms. The molecule has 1 aliphatic heterocycles. The fraction of sp³-hybridized carbons (Fsp3) is 0.333. The Bertz CT molecular complexity index is 597. The zero-order chi connectivity index (χ0) is 13.4. The van der Waals surface area contributed by atoms with E-state index in [2.05, 4.69) is 4.99 Å². The molecule has 1 aliphatic carbocycles. The van der Waals surface area contributed by atoms with Crippen molar-refractivity contribution in [2.24, 2.45) is 10.9 Å². The van der Waals surface area contributed by atoms with Crippen LogP contribution in [0.3, 0.4) is 0 Å². The quantitative estimate of drug-likeness (QED) is 0.618. The van der Waals surface area contributed by atoms with Crippen LogP contribution in [0.1, 0.15) is 24.0 Å². The number of carbonyl (C=O) groups excluding carboxylic acids is 1. The molecule has 1 aromatic rings. The van der Waals surface area contributed by atoms with E-state index in [1.54, 1.807) is 13.2 Å². The van der Waals surface area contributed by atoms with Crippen LogP contribution >= 0.6 is 0 Å². The van der Waals surface area contributed by atoms with Crippen LogP contribution in [0.15, 0.2) is 28.9 Å². The monoisotopic (exact) mass is 257 g/mol. The number of carbonyl (C=O) groups is 1. The number of cyclic esters (lactones) is 1. The lowest BCUT2D eigenvalue weighted by Crippen LogP contribution is -2.05. The van der Waals surface area contributed by atoms with E-state index in [0.717, 1.165) is 29.7 Å². The van der Waals surface area contributed by atoms with Crippen molar-refractivity contribution in [3.8, 4) is 5.75 Å². The molecule has 0 aromatic heterocycles. The molecule has 98 valence electrons. The van der Waals surface area contributed by atoms with E-state index < -0.39 is 0 Å². The van der Waals surface area contributed by atoms with Gasteiger partial charge >= 0.3 is 5.97 Å². The molecule has 0 unspecified atom stereocenters. The molecule has 1 saturated carbocycles. The predicted molar refractivity (Wildman–Crippen MR) is 72.0 cm³/mol. The van der Waals surface area contributed by atoms with Crippen LogP contribution in [-0.2, 0) is 9.53 Å². The molecule has 4 heteroatoms. The van der Waals surface area contributed by atoms with E-state index in [1.807, 2.05) is 25.1 Å². The van der Waals surface area contributed by atoms with E-state index >= 15 is 0 Å². The summed E-state index contributed by atoms with van der Waals surface area (Å²) in [5.41, 5.74) is 2.33. The maximum atomic E-state index is 11.7. The molecule has 1 aromatic carbocycles. The molecule has 0 spiro atoms. The van der Waals surface area contributed by atoms with Crippen molar-refractivity contribution < 1.29 is 14.3 Å². The Kier molecular flexibility index (Phi) is 2.85. The first-order valence-electron chi connectivity index (χ1n) is 6.34. The number of hydrogen-bond acceptors (Lipinski definition) is 4. The number of methoxy groups -OCH3 is 1. The first-order chi connectivity index (χ1) is 9.17. The minimum absolute atomic E-state index is 0.352. The highest BCUT2D eigenvalue weighted by atomic mass is 16.6. The molecule has 1 heterocycles. The highest BCUT2D eigenvalue weighted by Gasteiger charge is 2.35. The van der Waals surface area contributed by atoms with Crippen LogP contribution in [-0.4, -0.2) is 19.0 Å². The summed E-state index contributed by atoms with van der Waals surface area (Å²) in [6.07, 6.45) is 3.90. The minimum Gasteiger partial charge on any atom is -0.496 e. The summed E-state index contributed by atoms with van der Waals surface area (Å²) in [5.74, 6) is 1.42. The van der Waals surface area contributed by atoms with Gasteiger partial charge in [-0.15, -0.1) is 0 Å². The van der Waals surface area contributed by atoms with Gasteiger partial charge in [-0.3, -0.25) is 0 Å². The molecule has 2 aliphatic rings. The van der Waals surface area contributed by atoms with Gasteiger partial charge < -0.3 is 9.47 Å². The second kappa shape index (κ2) is 4.53. The zero-order valence-electron chi connectivity index (χ0n) is 11.0. The van der Waals surface area contributed by atoms with Crippen LogP contribution in [0.5, 0.6) is 5.75 Å². The number of nitrogens with zero attached hydrogens (tertiary/aromatic N) is 1. The fourth-order valence-corrected chi connectivity index (χ4v) is 2.08. The van der Waals surface area contributed by atoms with Crippen molar-refractivity contribution in [1.82, 2.24) is 0 Å². The van der Waals surface area contributed by atoms with Crippen molar-refractivity contribution in [2.75, 3.05) is 7.11 Å². The lowest BCUT2D eigenvalue weighted by molar-refractivity contribution is -0.130. The maximum Gasteiger partial charge on any atom is 0.363 e. The number of rotatable bonds is 3. The highest BCUT2D eigenvalue weighted by molar-refractivity contribution is 6.08. The number of esters is 1. The van der Waals surface area contributed by atoms with E-state index in [0.29, 0.717) is 17.5 Å². The molecular formula is C15H15NO3. The third-order valence-corrected chi connectivity index (χ3v) is 3.29. The average Bonchev–Trinajstić information content (AvgIpc) is 3.16. The predicted octanol–water partition coefficient (Wildman–Crippen LogP) is 2.71. The minimum atomic E-state index is -0.352. The topological polar surface area (TPSA) is 47.9 Å². The second-order valence-electron chi connectivity index (χ2n) is 4.87. The summed E-state index contributed by atoms with van der Waals surface area (Å²) < 4.78 is 10.4. The van der Waals surface area contributed by atoms with E-state index in [-0.39, 0.29) is 5.97 Å². The molecule has 0 amide bonds. The van der Waals surface area contributed by atoms with Gasteiger partial charge in [0.25, 0.3) is 0 Å². The summed E-state index contributed by atoms with van der Waals surface area (Å²) in [7, 11) is 1.64. The second-order valence-corrected chi connectivity index (χ2v) is 4.87. The number of aliphatic imine (C=N–C) groups is 1. The Morgan fingerprint density at radius 2 is 2.21 bits per heavy atom. The summed E-state index contributed by atoms with van der Waals surface area (Å²) >= 11 is 0. The van der Waals surface area contributed by atoms with Crippen molar-refractivity contribution in [2.45, 2.75) is 19.8 Å². The number of benzene rings is 1. The fourth-order valence-electron chi connectivity index (χ4n) is 2.08. The SMILES string of the molecule is COc1ccc(/C=C2/N=C(C3CC3)OC2=O)cc1C. The number of hydrogen-bond donors (Lipinski definition) is 0. The van der Waals surface area contributed by atoms with E-state index in [9.17, 15) is 4.79 Å². The number of aryl methyl sites for hydroxylation is 1. The molecule has 19 heavy (non-hydrogen) atoms. The first-order valence-corrected chi connectivity index (χ1v) is 6.34. The molecular weight excluding hydrogens is 242 g/mol. The Morgan fingerprint density at radius 3 is 2.84 bits per heavy atom. The smallest absolute Gasteiger partial charge is 0.363 e. The van der Waals surface area contributed by atoms with Crippen LogP contribution in [0, 0.1) is 12.8 Å². The van der Waals surface area contributed by atoms with Gasteiger partial charge in [0.15, 0.2) is 5.70 Å². The highest BCUT2D eigenvalue weighted by Crippen LogP contribution is 2.34. The Hall–Kier alpha value is -2.10. The van der Waals surface area contributed by atoms with Gasteiger partial charge in [-0.05, 0) is 49.1 Å². The lowest BCUT2D eigenvalue weighted by atomic mass is 10.1. The van der Waals surface area contributed by atoms with Gasteiger partial charge in [-0.2, -0.15) is 0 Å². The molecule has 3 rings (SSSR count).